The van der Waals surface area contributed by atoms with Gasteiger partial charge in [-0.2, -0.15) is 0 Å². The van der Waals surface area contributed by atoms with Crippen molar-refractivity contribution in [3.8, 4) is 0 Å². The van der Waals surface area contributed by atoms with Crippen LogP contribution >= 0.6 is 0 Å². The molecule has 0 aromatic rings. The van der Waals surface area contributed by atoms with Gasteiger partial charge < -0.3 is 10.2 Å². The fourth-order valence-electron chi connectivity index (χ4n) is 1.77. The molecule has 0 rings (SSSR count). The van der Waals surface area contributed by atoms with Crippen LogP contribution in [0.1, 0.15) is 51.9 Å². The van der Waals surface area contributed by atoms with Gasteiger partial charge >= 0.3 is 5.97 Å². The minimum atomic E-state index is -0.743. The Hall–Kier alpha value is -1.87. The highest BCUT2D eigenvalue weighted by Gasteiger charge is 1.93. The van der Waals surface area contributed by atoms with Gasteiger partial charge in [0, 0.05) is 6.42 Å². The van der Waals surface area contributed by atoms with E-state index in [0.29, 0.717) is 12.8 Å². The maximum absolute atomic E-state index is 10.3. The zero-order chi connectivity index (χ0) is 17.2. The summed E-state index contributed by atoms with van der Waals surface area (Å²) < 4.78 is 0. The molecule has 1 unspecified atom stereocenters. The van der Waals surface area contributed by atoms with Crippen molar-refractivity contribution in [2.45, 2.75) is 58.0 Å². The van der Waals surface area contributed by atoms with E-state index in [2.05, 4.69) is 25.2 Å². The summed E-state index contributed by atoms with van der Waals surface area (Å²) in [6.45, 7) is 2.11. The molecule has 0 amide bonds. The lowest BCUT2D eigenvalue weighted by molar-refractivity contribution is -0.137. The van der Waals surface area contributed by atoms with Crippen molar-refractivity contribution in [1.29, 1.82) is 0 Å². The molecule has 0 fully saturated rings. The van der Waals surface area contributed by atoms with Gasteiger partial charge in [0.1, 0.15) is 0 Å². The Morgan fingerprint density at radius 2 is 1.65 bits per heavy atom. The van der Waals surface area contributed by atoms with Gasteiger partial charge in [0.2, 0.25) is 0 Å². The highest BCUT2D eigenvalue weighted by Crippen LogP contribution is 2.00. The van der Waals surface area contributed by atoms with E-state index in [1.165, 1.54) is 0 Å². The lowest BCUT2D eigenvalue weighted by atomic mass is 10.2. The molecule has 0 spiro atoms. The lowest BCUT2D eigenvalue weighted by Gasteiger charge is -1.98. The van der Waals surface area contributed by atoms with Crippen LogP contribution in [-0.2, 0) is 4.79 Å². The third kappa shape index (κ3) is 18.1. The van der Waals surface area contributed by atoms with Gasteiger partial charge in [-0.15, -0.1) is 0 Å². The van der Waals surface area contributed by atoms with Crippen LogP contribution in [0.4, 0.5) is 0 Å². The molecule has 0 saturated carbocycles. The second-order valence-electron chi connectivity index (χ2n) is 5.20. The van der Waals surface area contributed by atoms with Crippen molar-refractivity contribution < 1.29 is 15.0 Å². The largest absolute Gasteiger partial charge is 0.481 e. The third-order valence-electron chi connectivity index (χ3n) is 3.00. The number of aliphatic hydroxyl groups excluding tert-OH is 1. The Kier molecular flexibility index (Phi) is 15.2. The minimum absolute atomic E-state index is 0.224. The molecular weight excluding hydrogens is 288 g/mol. The molecule has 0 aromatic carbocycles. The third-order valence-corrected chi connectivity index (χ3v) is 3.00. The molecular formula is C20H30O3. The van der Waals surface area contributed by atoms with Gasteiger partial charge in [0.15, 0.2) is 0 Å². The summed E-state index contributed by atoms with van der Waals surface area (Å²) in [5, 5.41) is 18.2. The number of carboxylic acids is 1. The average Bonchev–Trinajstić information content (AvgIpc) is 2.52. The van der Waals surface area contributed by atoms with Crippen molar-refractivity contribution in [3.05, 3.63) is 60.8 Å². The molecule has 0 saturated heterocycles. The molecule has 23 heavy (non-hydrogen) atoms. The first-order valence-electron chi connectivity index (χ1n) is 8.35. The number of aliphatic hydroxyl groups is 1. The number of carboxylic acid groups (broad SMARTS) is 1. The standard InChI is InChI=1S/C20H30O3/c1-2-3-4-5-7-10-13-16-19(21)17-14-11-8-6-9-12-15-18-20(22)23/h3-4,6-7,9-11,13-14,16,19,21H,2,5,8,12,15,17-18H2,1H3,(H,22,23)/b4-3+,9-6+,10-7+,14-11+,16-13+. The Bertz CT molecular complexity index is 428. The Labute approximate surface area is 140 Å². The highest BCUT2D eigenvalue weighted by molar-refractivity contribution is 5.66. The lowest BCUT2D eigenvalue weighted by Crippen LogP contribution is -1.98. The molecule has 0 aliphatic rings. The maximum atomic E-state index is 10.3. The number of hydrogen-bond donors (Lipinski definition) is 2. The first kappa shape index (κ1) is 21.1. The average molecular weight is 318 g/mol. The van der Waals surface area contributed by atoms with Crippen LogP contribution in [0.5, 0.6) is 0 Å². The monoisotopic (exact) mass is 318 g/mol. The predicted molar refractivity (Wildman–Crippen MR) is 97.3 cm³/mol. The van der Waals surface area contributed by atoms with E-state index < -0.39 is 12.1 Å². The molecule has 0 aromatic heterocycles. The number of hydrogen-bond acceptors (Lipinski definition) is 2. The smallest absolute Gasteiger partial charge is 0.303 e. The van der Waals surface area contributed by atoms with Gasteiger partial charge in [-0.05, 0) is 38.5 Å². The zero-order valence-electron chi connectivity index (χ0n) is 14.1. The van der Waals surface area contributed by atoms with Crippen LogP contribution in [0.25, 0.3) is 0 Å². The number of carbonyl (C=O) groups is 1. The second kappa shape index (κ2) is 16.5. The summed E-state index contributed by atoms with van der Waals surface area (Å²) >= 11 is 0. The van der Waals surface area contributed by atoms with E-state index in [4.69, 9.17) is 5.11 Å². The van der Waals surface area contributed by atoms with Crippen molar-refractivity contribution in [3.63, 3.8) is 0 Å². The minimum Gasteiger partial charge on any atom is -0.481 e. The highest BCUT2D eigenvalue weighted by atomic mass is 16.4. The first-order chi connectivity index (χ1) is 11.2. The van der Waals surface area contributed by atoms with E-state index in [1.807, 2.05) is 36.5 Å². The number of allylic oxidation sites excluding steroid dienone is 8. The summed E-state index contributed by atoms with van der Waals surface area (Å²) in [5.41, 5.74) is 0. The number of aliphatic carboxylic acids is 1. The van der Waals surface area contributed by atoms with Crippen LogP contribution in [0, 0.1) is 0 Å². The van der Waals surface area contributed by atoms with E-state index >= 15 is 0 Å². The molecule has 0 bridgehead atoms. The predicted octanol–water partition coefficient (Wildman–Crippen LogP) is 4.96. The van der Waals surface area contributed by atoms with Crippen LogP contribution < -0.4 is 0 Å². The first-order valence-corrected chi connectivity index (χ1v) is 8.35. The van der Waals surface area contributed by atoms with Gasteiger partial charge in [-0.1, -0.05) is 67.7 Å². The van der Waals surface area contributed by atoms with Gasteiger partial charge in [-0.25, -0.2) is 0 Å². The molecule has 3 nitrogen and oxygen atoms in total. The van der Waals surface area contributed by atoms with Gasteiger partial charge in [0.05, 0.1) is 6.10 Å². The Morgan fingerprint density at radius 3 is 2.39 bits per heavy atom. The van der Waals surface area contributed by atoms with Crippen LogP contribution in [0.2, 0.25) is 0 Å². The topological polar surface area (TPSA) is 57.5 Å². The number of unbranched alkanes of at least 4 members (excludes halogenated alkanes) is 1. The van der Waals surface area contributed by atoms with Crippen molar-refractivity contribution >= 4 is 5.97 Å². The summed E-state index contributed by atoms with van der Waals surface area (Å²) in [6, 6.07) is 0. The van der Waals surface area contributed by atoms with Crippen molar-refractivity contribution in [2.75, 3.05) is 0 Å². The van der Waals surface area contributed by atoms with E-state index in [9.17, 15) is 9.90 Å². The Balaban J connectivity index is 3.67. The zero-order valence-corrected chi connectivity index (χ0v) is 14.1. The molecule has 0 aliphatic heterocycles. The fraction of sp³-hybridized carbons (Fsp3) is 0.450. The molecule has 3 heteroatoms. The van der Waals surface area contributed by atoms with Crippen molar-refractivity contribution in [2.24, 2.45) is 0 Å². The quantitative estimate of drug-likeness (QED) is 0.286. The van der Waals surface area contributed by atoms with E-state index in [1.54, 1.807) is 6.08 Å². The number of rotatable bonds is 13. The summed E-state index contributed by atoms with van der Waals surface area (Å²) in [7, 11) is 0. The molecule has 0 heterocycles. The maximum Gasteiger partial charge on any atom is 0.303 e. The fourth-order valence-corrected chi connectivity index (χ4v) is 1.77. The van der Waals surface area contributed by atoms with E-state index in [0.717, 1.165) is 25.7 Å². The normalized spacial score (nSPS) is 14.2. The van der Waals surface area contributed by atoms with Crippen LogP contribution in [0.15, 0.2) is 60.8 Å². The second-order valence-corrected chi connectivity index (χ2v) is 5.20. The van der Waals surface area contributed by atoms with Crippen molar-refractivity contribution in [1.82, 2.24) is 0 Å². The molecule has 1 atom stereocenters. The molecule has 2 N–H and O–H groups in total. The summed E-state index contributed by atoms with van der Waals surface area (Å²) in [6.07, 6.45) is 24.6. The van der Waals surface area contributed by atoms with Crippen LogP contribution in [0.3, 0.4) is 0 Å². The molecule has 128 valence electrons. The molecule has 0 aliphatic carbocycles. The molecule has 0 radical (unpaired) electrons. The Morgan fingerprint density at radius 1 is 0.957 bits per heavy atom. The van der Waals surface area contributed by atoms with Gasteiger partial charge in [-0.3, -0.25) is 4.79 Å². The van der Waals surface area contributed by atoms with Crippen LogP contribution in [-0.4, -0.2) is 22.3 Å². The SMILES string of the molecule is CC/C=C/C/C=C/C=C/C(O)C/C=C/C/C=C/CCCC(=O)O. The summed E-state index contributed by atoms with van der Waals surface area (Å²) in [5.74, 6) is -0.743. The van der Waals surface area contributed by atoms with E-state index in [-0.39, 0.29) is 6.42 Å². The van der Waals surface area contributed by atoms with Gasteiger partial charge in [0.25, 0.3) is 0 Å². The summed E-state index contributed by atoms with van der Waals surface area (Å²) in [4.78, 5) is 10.3.